The third-order valence-electron chi connectivity index (χ3n) is 5.07. The predicted octanol–water partition coefficient (Wildman–Crippen LogP) is 2.78. The van der Waals surface area contributed by atoms with Gasteiger partial charge in [-0.2, -0.15) is 0 Å². The molecule has 0 spiro atoms. The fourth-order valence-corrected chi connectivity index (χ4v) is 3.96. The van der Waals surface area contributed by atoms with Crippen LogP contribution in [-0.4, -0.2) is 41.4 Å². The minimum absolute atomic E-state index is 0.284. The smallest absolute Gasteiger partial charge is 0.339 e. The molecule has 1 aromatic heterocycles. The molecule has 0 aromatic carbocycles. The Labute approximate surface area is 137 Å². The lowest BCUT2D eigenvalue weighted by Gasteiger charge is -2.34. The molecule has 2 heterocycles. The number of hydrogen-bond donors (Lipinski definition) is 1. The highest BCUT2D eigenvalue weighted by Gasteiger charge is 2.37. The van der Waals surface area contributed by atoms with E-state index in [-0.39, 0.29) is 12.1 Å². The van der Waals surface area contributed by atoms with E-state index in [9.17, 15) is 9.90 Å². The molecule has 2 atom stereocenters. The summed E-state index contributed by atoms with van der Waals surface area (Å²) in [7, 11) is 0. The number of hydrogen-bond acceptors (Lipinski definition) is 5. The summed E-state index contributed by atoms with van der Waals surface area (Å²) < 4.78 is 4.99. The van der Waals surface area contributed by atoms with Crippen LogP contribution in [0.3, 0.4) is 0 Å². The molecule has 0 bridgehead atoms. The monoisotopic (exact) mass is 318 g/mol. The molecule has 2 fully saturated rings. The van der Waals surface area contributed by atoms with Crippen molar-refractivity contribution in [3.05, 3.63) is 23.9 Å². The van der Waals surface area contributed by atoms with Crippen molar-refractivity contribution >= 4 is 11.8 Å². The number of aliphatic hydroxyl groups excluding tert-OH is 1. The second-order valence-corrected chi connectivity index (χ2v) is 6.63. The molecule has 5 nitrogen and oxygen atoms in total. The van der Waals surface area contributed by atoms with E-state index in [0.29, 0.717) is 30.7 Å². The van der Waals surface area contributed by atoms with E-state index in [0.717, 1.165) is 12.2 Å². The van der Waals surface area contributed by atoms with Crippen molar-refractivity contribution in [3.63, 3.8) is 0 Å². The van der Waals surface area contributed by atoms with Gasteiger partial charge in [-0.25, -0.2) is 9.78 Å². The van der Waals surface area contributed by atoms with Crippen LogP contribution in [0.5, 0.6) is 0 Å². The predicted molar refractivity (Wildman–Crippen MR) is 88.5 cm³/mol. The van der Waals surface area contributed by atoms with Gasteiger partial charge in [-0.1, -0.05) is 19.3 Å². The molecule has 1 aliphatic carbocycles. The SMILES string of the molecule is CCOC(=O)c1ccc(N2C[C@H](O)C[C@@H]2C2CCCCC2)nc1. The van der Waals surface area contributed by atoms with E-state index < -0.39 is 0 Å². The molecule has 1 aromatic rings. The maximum absolute atomic E-state index is 11.7. The van der Waals surface area contributed by atoms with Crippen LogP contribution in [0, 0.1) is 5.92 Å². The molecule has 2 aliphatic rings. The first-order valence-corrected chi connectivity index (χ1v) is 8.77. The Kier molecular flexibility index (Phi) is 5.16. The third-order valence-corrected chi connectivity index (χ3v) is 5.07. The van der Waals surface area contributed by atoms with Gasteiger partial charge in [0.25, 0.3) is 0 Å². The lowest BCUT2D eigenvalue weighted by Crippen LogP contribution is -2.37. The second-order valence-electron chi connectivity index (χ2n) is 6.63. The Balaban J connectivity index is 1.74. The van der Waals surface area contributed by atoms with Crippen LogP contribution in [0.15, 0.2) is 18.3 Å². The van der Waals surface area contributed by atoms with Gasteiger partial charge in [0.15, 0.2) is 0 Å². The second kappa shape index (κ2) is 7.30. The fraction of sp³-hybridized carbons (Fsp3) is 0.667. The largest absolute Gasteiger partial charge is 0.462 e. The maximum Gasteiger partial charge on any atom is 0.339 e. The van der Waals surface area contributed by atoms with Gasteiger partial charge < -0.3 is 14.7 Å². The van der Waals surface area contributed by atoms with E-state index in [1.54, 1.807) is 19.2 Å². The summed E-state index contributed by atoms with van der Waals surface area (Å²) in [6, 6.07) is 4.01. The number of rotatable bonds is 4. The third kappa shape index (κ3) is 3.66. The minimum Gasteiger partial charge on any atom is -0.462 e. The van der Waals surface area contributed by atoms with E-state index in [4.69, 9.17) is 4.74 Å². The van der Waals surface area contributed by atoms with Crippen LogP contribution in [0.25, 0.3) is 0 Å². The van der Waals surface area contributed by atoms with Crippen LogP contribution in [0.4, 0.5) is 5.82 Å². The molecular formula is C18H26N2O3. The summed E-state index contributed by atoms with van der Waals surface area (Å²) in [6.07, 6.45) is 8.53. The molecule has 23 heavy (non-hydrogen) atoms. The van der Waals surface area contributed by atoms with Gasteiger partial charge in [0.2, 0.25) is 0 Å². The number of pyridine rings is 1. The highest BCUT2D eigenvalue weighted by Crippen LogP contribution is 2.36. The number of carbonyl (C=O) groups is 1. The Bertz CT molecular complexity index is 526. The topological polar surface area (TPSA) is 62.7 Å². The van der Waals surface area contributed by atoms with Gasteiger partial charge in [-0.15, -0.1) is 0 Å². The summed E-state index contributed by atoms with van der Waals surface area (Å²) in [5, 5.41) is 10.1. The number of ether oxygens (including phenoxy) is 1. The van der Waals surface area contributed by atoms with Crippen LogP contribution in [0.2, 0.25) is 0 Å². The highest BCUT2D eigenvalue weighted by molar-refractivity contribution is 5.89. The zero-order chi connectivity index (χ0) is 16.2. The molecule has 0 amide bonds. The summed E-state index contributed by atoms with van der Waals surface area (Å²) in [6.45, 7) is 2.79. The van der Waals surface area contributed by atoms with Crippen molar-refractivity contribution in [2.45, 2.75) is 57.6 Å². The molecule has 0 unspecified atom stereocenters. The first kappa shape index (κ1) is 16.2. The molecule has 5 heteroatoms. The number of nitrogens with zero attached hydrogens (tertiary/aromatic N) is 2. The van der Waals surface area contributed by atoms with Crippen molar-refractivity contribution in [2.24, 2.45) is 5.92 Å². The number of carbonyl (C=O) groups excluding carboxylic acids is 1. The summed E-state index contributed by atoms with van der Waals surface area (Å²) in [4.78, 5) is 18.4. The maximum atomic E-state index is 11.7. The Morgan fingerprint density at radius 2 is 2.13 bits per heavy atom. The highest BCUT2D eigenvalue weighted by atomic mass is 16.5. The summed E-state index contributed by atoms with van der Waals surface area (Å²) in [5.74, 6) is 1.16. The molecule has 1 saturated heterocycles. The summed E-state index contributed by atoms with van der Waals surface area (Å²) in [5.41, 5.74) is 0.476. The van der Waals surface area contributed by atoms with Crippen LogP contribution in [0.1, 0.15) is 55.8 Å². The lowest BCUT2D eigenvalue weighted by atomic mass is 9.83. The van der Waals surface area contributed by atoms with Crippen molar-refractivity contribution in [2.75, 3.05) is 18.1 Å². The van der Waals surface area contributed by atoms with Crippen molar-refractivity contribution < 1.29 is 14.6 Å². The van der Waals surface area contributed by atoms with Crippen molar-refractivity contribution in [1.82, 2.24) is 4.98 Å². The number of aliphatic hydroxyl groups is 1. The van der Waals surface area contributed by atoms with Crippen LogP contribution >= 0.6 is 0 Å². The van der Waals surface area contributed by atoms with E-state index in [1.165, 1.54) is 32.1 Å². The van der Waals surface area contributed by atoms with Gasteiger partial charge in [-0.05, 0) is 44.2 Å². The number of esters is 1. The molecule has 0 radical (unpaired) electrons. The summed E-state index contributed by atoms with van der Waals surface area (Å²) >= 11 is 0. The first-order chi connectivity index (χ1) is 11.2. The van der Waals surface area contributed by atoms with Crippen molar-refractivity contribution in [1.29, 1.82) is 0 Å². The quantitative estimate of drug-likeness (QED) is 0.865. The Hall–Kier alpha value is -1.62. The zero-order valence-corrected chi connectivity index (χ0v) is 13.8. The van der Waals surface area contributed by atoms with E-state index >= 15 is 0 Å². The zero-order valence-electron chi connectivity index (χ0n) is 13.8. The molecule has 1 saturated carbocycles. The number of β-amino-alcohol motifs (C(OH)–C–C–N with tert-alkyl or cyclic N) is 1. The van der Waals surface area contributed by atoms with Gasteiger partial charge >= 0.3 is 5.97 Å². The van der Waals surface area contributed by atoms with Gasteiger partial charge in [0, 0.05) is 18.8 Å². The first-order valence-electron chi connectivity index (χ1n) is 8.77. The van der Waals surface area contributed by atoms with E-state index in [1.807, 2.05) is 6.07 Å². The van der Waals surface area contributed by atoms with Crippen LogP contribution in [-0.2, 0) is 4.74 Å². The van der Waals surface area contributed by atoms with Gasteiger partial charge in [-0.3, -0.25) is 0 Å². The number of aromatic nitrogens is 1. The fourth-order valence-electron chi connectivity index (χ4n) is 3.96. The van der Waals surface area contributed by atoms with Crippen molar-refractivity contribution in [3.8, 4) is 0 Å². The minimum atomic E-state index is -0.336. The molecular weight excluding hydrogens is 292 g/mol. The Morgan fingerprint density at radius 1 is 1.35 bits per heavy atom. The van der Waals surface area contributed by atoms with Crippen LogP contribution < -0.4 is 4.90 Å². The molecule has 1 aliphatic heterocycles. The Morgan fingerprint density at radius 3 is 2.78 bits per heavy atom. The standard InChI is InChI=1S/C18H26N2O3/c1-2-23-18(22)14-8-9-17(19-11-14)20-12-15(21)10-16(20)13-6-4-3-5-7-13/h8-9,11,13,15-16,21H,2-7,10,12H2,1H3/t15-,16-/m1/s1. The molecule has 3 rings (SSSR count). The van der Waals surface area contributed by atoms with E-state index in [2.05, 4.69) is 9.88 Å². The molecule has 1 N–H and O–H groups in total. The van der Waals surface area contributed by atoms with Gasteiger partial charge in [0.05, 0.1) is 18.3 Å². The van der Waals surface area contributed by atoms with Gasteiger partial charge in [0.1, 0.15) is 5.82 Å². The molecule has 126 valence electrons. The number of anilines is 1. The average molecular weight is 318 g/mol. The lowest BCUT2D eigenvalue weighted by molar-refractivity contribution is 0.0526. The average Bonchev–Trinajstić information content (AvgIpc) is 2.98. The normalized spacial score (nSPS) is 25.6.